The van der Waals surface area contributed by atoms with E-state index >= 15 is 0 Å². The molecule has 0 aliphatic carbocycles. The summed E-state index contributed by atoms with van der Waals surface area (Å²) in [5.41, 5.74) is 6.31. The first-order chi connectivity index (χ1) is 6.50. The second-order valence-electron chi connectivity index (χ2n) is 3.43. The molecule has 1 amide bonds. The maximum Gasteiger partial charge on any atom is 0.301 e. The third-order valence-corrected chi connectivity index (χ3v) is 2.05. The molecule has 0 radical (unpaired) electrons. The number of rotatable bonds is 3. The Bertz CT molecular complexity index is 320. The number of aryl methyl sites for hydroxylation is 1. The minimum absolute atomic E-state index is 0.179. The number of carbonyl (C=O) groups is 1. The fourth-order valence-corrected chi connectivity index (χ4v) is 0.869. The maximum atomic E-state index is 11.5. The van der Waals surface area contributed by atoms with Crippen molar-refractivity contribution >= 4 is 11.9 Å². The number of nitrogens with one attached hydrogen (secondary N) is 1. The summed E-state index contributed by atoms with van der Waals surface area (Å²) in [6.45, 7) is 5.33. The molecule has 0 aliphatic heterocycles. The molecular formula is C9H15N3O2. The average Bonchev–Trinajstić information content (AvgIpc) is 2.49. The van der Waals surface area contributed by atoms with Gasteiger partial charge < -0.3 is 10.2 Å². The molecule has 1 aromatic rings. The molecule has 1 aromatic heterocycles. The Kier molecular flexibility index (Phi) is 3.24. The Hall–Kier alpha value is -1.36. The Morgan fingerprint density at radius 1 is 1.64 bits per heavy atom. The normalized spacial score (nSPS) is 14.9. The highest BCUT2D eigenvalue weighted by Crippen LogP contribution is 2.09. The summed E-state index contributed by atoms with van der Waals surface area (Å²) >= 11 is 0. The lowest BCUT2D eigenvalue weighted by atomic mass is 10.0. The third kappa shape index (κ3) is 2.56. The van der Waals surface area contributed by atoms with Crippen LogP contribution in [0.3, 0.4) is 0 Å². The number of hydrogen-bond donors (Lipinski definition) is 2. The molecule has 3 N–H and O–H groups in total. The second kappa shape index (κ2) is 4.23. The number of hydrogen-bond acceptors (Lipinski definition) is 4. The van der Waals surface area contributed by atoms with Crippen molar-refractivity contribution in [3.63, 3.8) is 0 Å². The fraction of sp³-hybridized carbons (Fsp3) is 0.556. The minimum Gasteiger partial charge on any atom is -0.432 e. The number of oxazole rings is 1. The molecular weight excluding hydrogens is 182 g/mol. The highest BCUT2D eigenvalue weighted by atomic mass is 16.4. The zero-order valence-electron chi connectivity index (χ0n) is 8.57. The first kappa shape index (κ1) is 10.7. The number of anilines is 1. The summed E-state index contributed by atoms with van der Waals surface area (Å²) in [4.78, 5) is 15.4. The fourth-order valence-electron chi connectivity index (χ4n) is 0.869. The van der Waals surface area contributed by atoms with Gasteiger partial charge in [0.25, 0.3) is 0 Å². The highest BCUT2D eigenvalue weighted by Gasteiger charge is 2.18. The second-order valence-corrected chi connectivity index (χ2v) is 3.43. The van der Waals surface area contributed by atoms with Crippen LogP contribution in [0.4, 0.5) is 6.01 Å². The van der Waals surface area contributed by atoms with Crippen molar-refractivity contribution in [3.8, 4) is 0 Å². The molecule has 78 valence electrons. The molecule has 0 aromatic carbocycles. The maximum absolute atomic E-state index is 11.5. The van der Waals surface area contributed by atoms with Crippen LogP contribution in [0.25, 0.3) is 0 Å². The SMILES string of the molecule is Cc1coc(NC(=O)C(C)C(C)N)n1. The van der Waals surface area contributed by atoms with Crippen LogP contribution in [0, 0.1) is 12.8 Å². The van der Waals surface area contributed by atoms with Crippen molar-refractivity contribution in [2.24, 2.45) is 11.7 Å². The number of aromatic nitrogens is 1. The van der Waals surface area contributed by atoms with Gasteiger partial charge in [-0.2, -0.15) is 4.98 Å². The number of nitrogens with two attached hydrogens (primary N) is 1. The molecule has 0 fully saturated rings. The van der Waals surface area contributed by atoms with E-state index < -0.39 is 0 Å². The van der Waals surface area contributed by atoms with Crippen molar-refractivity contribution < 1.29 is 9.21 Å². The predicted octanol–water partition coefficient (Wildman–Crippen LogP) is 0.905. The van der Waals surface area contributed by atoms with Gasteiger partial charge in [-0.1, -0.05) is 6.92 Å². The smallest absolute Gasteiger partial charge is 0.301 e. The van der Waals surface area contributed by atoms with E-state index in [0.29, 0.717) is 0 Å². The summed E-state index contributed by atoms with van der Waals surface area (Å²) < 4.78 is 4.98. The first-order valence-electron chi connectivity index (χ1n) is 4.49. The monoisotopic (exact) mass is 197 g/mol. The van der Waals surface area contributed by atoms with Crippen LogP contribution in [0.5, 0.6) is 0 Å². The van der Waals surface area contributed by atoms with Crippen LogP contribution >= 0.6 is 0 Å². The summed E-state index contributed by atoms with van der Waals surface area (Å²) in [6, 6.07) is 0.0334. The Labute approximate surface area is 82.7 Å². The Morgan fingerprint density at radius 2 is 2.29 bits per heavy atom. The standard InChI is InChI=1S/C9H15N3O2/c1-5-4-14-9(11-5)12-8(13)6(2)7(3)10/h4,6-7H,10H2,1-3H3,(H,11,12,13). The van der Waals surface area contributed by atoms with Crippen LogP contribution in [0.15, 0.2) is 10.7 Å². The zero-order valence-corrected chi connectivity index (χ0v) is 8.57. The number of carbonyl (C=O) groups excluding carboxylic acids is 1. The molecule has 0 spiro atoms. The van der Waals surface area contributed by atoms with E-state index in [2.05, 4.69) is 10.3 Å². The molecule has 2 unspecified atom stereocenters. The van der Waals surface area contributed by atoms with Crippen molar-refractivity contribution in [3.05, 3.63) is 12.0 Å². The summed E-state index contributed by atoms with van der Waals surface area (Å²) in [5.74, 6) is -0.441. The predicted molar refractivity (Wildman–Crippen MR) is 52.7 cm³/mol. The van der Waals surface area contributed by atoms with E-state index in [4.69, 9.17) is 10.2 Å². The number of nitrogens with zero attached hydrogens (tertiary/aromatic N) is 1. The first-order valence-corrected chi connectivity index (χ1v) is 4.49. The minimum atomic E-state index is -0.262. The van der Waals surface area contributed by atoms with Crippen molar-refractivity contribution in [1.82, 2.24) is 4.98 Å². The van der Waals surface area contributed by atoms with E-state index in [1.54, 1.807) is 20.8 Å². The lowest BCUT2D eigenvalue weighted by Crippen LogP contribution is -2.34. The van der Waals surface area contributed by atoms with Crippen molar-refractivity contribution in [2.75, 3.05) is 5.32 Å². The Balaban J connectivity index is 2.57. The molecule has 5 heteroatoms. The molecule has 1 heterocycles. The molecule has 0 aliphatic rings. The van der Waals surface area contributed by atoms with Gasteiger partial charge in [0.15, 0.2) is 0 Å². The summed E-state index contributed by atoms with van der Waals surface area (Å²) in [5, 5.41) is 2.55. The van der Waals surface area contributed by atoms with Gasteiger partial charge in [0.05, 0.1) is 11.6 Å². The van der Waals surface area contributed by atoms with E-state index in [1.165, 1.54) is 6.26 Å². The topological polar surface area (TPSA) is 81.2 Å². The highest BCUT2D eigenvalue weighted by molar-refractivity contribution is 5.90. The van der Waals surface area contributed by atoms with Gasteiger partial charge in [0.2, 0.25) is 5.91 Å². The zero-order chi connectivity index (χ0) is 10.7. The third-order valence-electron chi connectivity index (χ3n) is 2.05. The quantitative estimate of drug-likeness (QED) is 0.754. The molecule has 5 nitrogen and oxygen atoms in total. The Morgan fingerprint density at radius 3 is 2.71 bits per heavy atom. The summed E-state index contributed by atoms with van der Waals surface area (Å²) in [7, 11) is 0. The van der Waals surface area contributed by atoms with Crippen LogP contribution in [-0.4, -0.2) is 16.9 Å². The molecule has 2 atom stereocenters. The van der Waals surface area contributed by atoms with Gasteiger partial charge in [-0.05, 0) is 13.8 Å². The van der Waals surface area contributed by atoms with Crippen LogP contribution < -0.4 is 11.1 Å². The van der Waals surface area contributed by atoms with Crippen molar-refractivity contribution in [1.29, 1.82) is 0 Å². The van der Waals surface area contributed by atoms with Crippen LogP contribution in [-0.2, 0) is 4.79 Å². The van der Waals surface area contributed by atoms with Gasteiger partial charge in [-0.15, -0.1) is 0 Å². The van der Waals surface area contributed by atoms with Gasteiger partial charge in [-0.3, -0.25) is 10.1 Å². The molecule has 0 saturated carbocycles. The van der Waals surface area contributed by atoms with Crippen LogP contribution in [0.2, 0.25) is 0 Å². The van der Waals surface area contributed by atoms with E-state index in [0.717, 1.165) is 5.69 Å². The van der Waals surface area contributed by atoms with E-state index in [9.17, 15) is 4.79 Å². The molecule has 1 rings (SSSR count). The molecule has 0 bridgehead atoms. The average molecular weight is 197 g/mol. The van der Waals surface area contributed by atoms with Gasteiger partial charge in [-0.25, -0.2) is 0 Å². The van der Waals surface area contributed by atoms with Crippen molar-refractivity contribution in [2.45, 2.75) is 26.8 Å². The van der Waals surface area contributed by atoms with E-state index in [1.807, 2.05) is 0 Å². The molecule has 0 saturated heterocycles. The lowest BCUT2D eigenvalue weighted by molar-refractivity contribution is -0.119. The van der Waals surface area contributed by atoms with Gasteiger partial charge in [0, 0.05) is 6.04 Å². The van der Waals surface area contributed by atoms with Crippen LogP contribution in [0.1, 0.15) is 19.5 Å². The molecule has 14 heavy (non-hydrogen) atoms. The number of amides is 1. The lowest BCUT2D eigenvalue weighted by Gasteiger charge is -2.13. The van der Waals surface area contributed by atoms with Gasteiger partial charge >= 0.3 is 6.01 Å². The summed E-state index contributed by atoms with van der Waals surface area (Å²) in [6.07, 6.45) is 1.48. The van der Waals surface area contributed by atoms with E-state index in [-0.39, 0.29) is 23.9 Å². The van der Waals surface area contributed by atoms with Gasteiger partial charge in [0.1, 0.15) is 6.26 Å². The largest absolute Gasteiger partial charge is 0.432 e.